The van der Waals surface area contributed by atoms with Crippen LogP contribution in [-0.2, 0) is 37.2 Å². The summed E-state index contributed by atoms with van der Waals surface area (Å²) in [6, 6.07) is 0. The number of carboxylic acids is 1. The standard InChI is InChI=1S/C7H11O2.C2HF3O2.Hg/c1-3-7-6(8)4-5(2)9-7;3-2(4,5)1(6)7;/h3,5-8H,1-2,4H2;(H,6,7);/q;;+1/p-1/t5-,6-,7-;;/m0../s1. The van der Waals surface area contributed by atoms with Gasteiger partial charge in [0.25, 0.3) is 0 Å². The molecule has 8 heteroatoms. The van der Waals surface area contributed by atoms with E-state index in [0.717, 1.165) is 0 Å². The number of carboxylic acid groups (broad SMARTS) is 1. The number of hydrogen-bond acceptors (Lipinski definition) is 4. The van der Waals surface area contributed by atoms with Crippen LogP contribution >= 0.6 is 0 Å². The molecular formula is C9H11F3HgO4. The van der Waals surface area contributed by atoms with Gasteiger partial charge in [-0.25, -0.2) is 0 Å². The summed E-state index contributed by atoms with van der Waals surface area (Å²) in [7, 11) is 0. The van der Waals surface area contributed by atoms with E-state index < -0.39 is 18.2 Å². The third-order valence-corrected chi connectivity index (χ3v) is 1.70. The summed E-state index contributed by atoms with van der Waals surface area (Å²) in [5.74, 6) is -3.01. The smallest absolute Gasteiger partial charge is 0.542 e. The van der Waals surface area contributed by atoms with E-state index in [1.807, 2.05) is 0 Å². The zero-order valence-electron chi connectivity index (χ0n) is 8.94. The molecule has 94 valence electrons. The average molecular weight is 441 g/mol. The van der Waals surface area contributed by atoms with Crippen molar-refractivity contribution >= 4 is 5.97 Å². The van der Waals surface area contributed by atoms with Crippen LogP contribution in [0.25, 0.3) is 0 Å². The van der Waals surface area contributed by atoms with E-state index in [1.54, 1.807) is 6.08 Å². The van der Waals surface area contributed by atoms with E-state index in [9.17, 15) is 13.2 Å². The number of halogens is 3. The van der Waals surface area contributed by atoms with Crippen molar-refractivity contribution < 1.29 is 60.6 Å². The average Bonchev–Trinajstić information content (AvgIpc) is 2.44. The van der Waals surface area contributed by atoms with E-state index in [2.05, 4.69) is 13.5 Å². The Hall–Kier alpha value is -0.145. The minimum absolute atomic E-state index is 0. The molecule has 0 aromatic carbocycles. The Balaban J connectivity index is 0. The van der Waals surface area contributed by atoms with E-state index >= 15 is 0 Å². The van der Waals surface area contributed by atoms with Gasteiger partial charge in [-0.1, -0.05) is 6.08 Å². The van der Waals surface area contributed by atoms with Crippen molar-refractivity contribution in [3.8, 4) is 0 Å². The van der Waals surface area contributed by atoms with Crippen LogP contribution in [0, 0.1) is 6.92 Å². The first kappa shape index (κ1) is 19.2. The van der Waals surface area contributed by atoms with Gasteiger partial charge in [0, 0.05) is 6.42 Å². The maximum Gasteiger partial charge on any atom is 1.00 e. The van der Waals surface area contributed by atoms with Gasteiger partial charge >= 0.3 is 33.8 Å². The van der Waals surface area contributed by atoms with Crippen LogP contribution in [0.2, 0.25) is 0 Å². The Kier molecular flexibility index (Phi) is 9.09. The van der Waals surface area contributed by atoms with Crippen molar-refractivity contribution in [3.63, 3.8) is 0 Å². The Morgan fingerprint density at radius 1 is 1.53 bits per heavy atom. The van der Waals surface area contributed by atoms with Crippen molar-refractivity contribution in [2.45, 2.75) is 30.9 Å². The normalized spacial score (nSPS) is 27.5. The summed E-state index contributed by atoms with van der Waals surface area (Å²) in [5, 5.41) is 17.9. The number of rotatable bonds is 1. The van der Waals surface area contributed by atoms with E-state index in [4.69, 9.17) is 19.7 Å². The van der Waals surface area contributed by atoms with Gasteiger partial charge < -0.3 is 19.7 Å². The molecule has 1 N–H and O–H groups in total. The molecule has 17 heavy (non-hydrogen) atoms. The molecule has 0 aromatic rings. The minimum Gasteiger partial charge on any atom is -0.542 e. The van der Waals surface area contributed by atoms with Gasteiger partial charge in [0.15, 0.2) is 0 Å². The zero-order chi connectivity index (χ0) is 12.9. The van der Waals surface area contributed by atoms with E-state index in [0.29, 0.717) is 6.42 Å². The van der Waals surface area contributed by atoms with Crippen LogP contribution in [0.3, 0.4) is 0 Å². The molecule has 0 aliphatic carbocycles. The van der Waals surface area contributed by atoms with Gasteiger partial charge in [0.05, 0.1) is 12.2 Å². The number of carbonyl (C=O) groups excluding carboxylic acids is 1. The largest absolute Gasteiger partial charge is 1.00 e. The zero-order valence-corrected chi connectivity index (χ0v) is 14.4. The molecule has 1 aliphatic rings. The number of hydrogen-bond donors (Lipinski definition) is 1. The van der Waals surface area contributed by atoms with Gasteiger partial charge in [0.2, 0.25) is 0 Å². The number of aliphatic hydroxyl groups is 1. The van der Waals surface area contributed by atoms with Crippen molar-refractivity contribution in [1.82, 2.24) is 0 Å². The summed E-state index contributed by atoms with van der Waals surface area (Å²) in [4.78, 5) is 8.78. The van der Waals surface area contributed by atoms with Gasteiger partial charge in [-0.05, 0) is 6.92 Å². The van der Waals surface area contributed by atoms with E-state index in [-0.39, 0.29) is 39.9 Å². The molecule has 0 unspecified atom stereocenters. The monoisotopic (exact) mass is 442 g/mol. The van der Waals surface area contributed by atoms with Crippen molar-refractivity contribution in [3.05, 3.63) is 19.6 Å². The van der Waals surface area contributed by atoms with Crippen LogP contribution in [0.15, 0.2) is 12.7 Å². The quantitative estimate of drug-likeness (QED) is 0.454. The molecule has 1 rings (SSSR count). The van der Waals surface area contributed by atoms with E-state index in [1.165, 1.54) is 0 Å². The van der Waals surface area contributed by atoms with Crippen LogP contribution < -0.4 is 5.11 Å². The fourth-order valence-electron chi connectivity index (χ4n) is 0.985. The first-order chi connectivity index (χ1) is 7.18. The topological polar surface area (TPSA) is 69.6 Å². The van der Waals surface area contributed by atoms with Crippen LogP contribution in [0.4, 0.5) is 13.2 Å². The Morgan fingerprint density at radius 2 is 1.94 bits per heavy atom. The molecule has 1 fully saturated rings. The van der Waals surface area contributed by atoms with Crippen LogP contribution in [0.5, 0.6) is 0 Å². The second kappa shape index (κ2) is 8.04. The first-order valence-electron chi connectivity index (χ1n) is 4.25. The Labute approximate surface area is 117 Å². The number of aliphatic carboxylic acids is 1. The summed E-state index contributed by atoms with van der Waals surface area (Å²) in [6.45, 7) is 7.17. The molecule has 1 aliphatic heterocycles. The third kappa shape index (κ3) is 7.72. The fraction of sp³-hybridized carbons (Fsp3) is 0.556. The molecule has 0 spiro atoms. The van der Waals surface area contributed by atoms with Crippen molar-refractivity contribution in [1.29, 1.82) is 0 Å². The first-order valence-corrected chi connectivity index (χ1v) is 4.25. The molecule has 0 bridgehead atoms. The Morgan fingerprint density at radius 3 is 2.06 bits per heavy atom. The van der Waals surface area contributed by atoms with Crippen molar-refractivity contribution in [2.75, 3.05) is 0 Å². The summed E-state index contributed by atoms with van der Waals surface area (Å²) < 4.78 is 36.7. The molecule has 1 heterocycles. The third-order valence-electron chi connectivity index (χ3n) is 1.70. The fourth-order valence-corrected chi connectivity index (χ4v) is 0.985. The molecule has 0 aromatic heterocycles. The molecular weight excluding hydrogens is 430 g/mol. The minimum atomic E-state index is -5.19. The maximum atomic E-state index is 10.5. The molecule has 3 atom stereocenters. The van der Waals surface area contributed by atoms with Gasteiger partial charge in [-0.3, -0.25) is 0 Å². The summed E-state index contributed by atoms with van der Waals surface area (Å²) in [5.41, 5.74) is 0. The molecule has 2 radical (unpaired) electrons. The van der Waals surface area contributed by atoms with Gasteiger partial charge in [-0.2, -0.15) is 13.2 Å². The molecule has 1 saturated heterocycles. The summed E-state index contributed by atoms with van der Waals surface area (Å²) >= 11 is 0. The molecule has 0 amide bonds. The van der Waals surface area contributed by atoms with Crippen molar-refractivity contribution in [2.24, 2.45) is 0 Å². The number of carbonyl (C=O) groups is 1. The Bertz CT molecular complexity index is 257. The van der Waals surface area contributed by atoms with Crippen LogP contribution in [-0.4, -0.2) is 35.6 Å². The molecule has 4 nitrogen and oxygen atoms in total. The number of ether oxygens (including phenoxy) is 1. The maximum absolute atomic E-state index is 10.5. The number of aliphatic hydroxyl groups excluding tert-OH is 1. The predicted molar refractivity (Wildman–Crippen MR) is 45.9 cm³/mol. The summed E-state index contributed by atoms with van der Waals surface area (Å²) in [6.07, 6.45) is -3.63. The number of alkyl halides is 3. The van der Waals surface area contributed by atoms with Gasteiger partial charge in [-0.15, -0.1) is 6.58 Å². The SMILES string of the molecule is O=C([O-])C(F)(F)F.[CH2][C@H]1C[C@H](O)[C@H](C=C)O1.[Hg+]. The molecule has 0 saturated carbocycles. The van der Waals surface area contributed by atoms with Crippen LogP contribution in [0.1, 0.15) is 6.42 Å². The predicted octanol–water partition coefficient (Wildman–Crippen LogP) is -0.179. The van der Waals surface area contributed by atoms with Gasteiger partial charge in [0.1, 0.15) is 12.1 Å². The second-order valence-electron chi connectivity index (χ2n) is 3.05. The second-order valence-corrected chi connectivity index (χ2v) is 3.05.